The smallest absolute Gasteiger partial charge is 0.326 e. The Kier molecular flexibility index (Phi) is 5.44. The molecule has 16 heavy (non-hydrogen) atoms. The first-order chi connectivity index (χ1) is 7.20. The van der Waals surface area contributed by atoms with E-state index in [4.69, 9.17) is 10.8 Å². The molecule has 0 aromatic carbocycles. The molecule has 5 heteroatoms. The van der Waals surface area contributed by atoms with Crippen LogP contribution in [0, 0.1) is 5.41 Å². The van der Waals surface area contributed by atoms with Gasteiger partial charge in [0.25, 0.3) is 0 Å². The van der Waals surface area contributed by atoms with Crippen molar-refractivity contribution < 1.29 is 14.7 Å². The Labute approximate surface area is 96.4 Å². The zero-order valence-electron chi connectivity index (χ0n) is 10.4. The molecule has 0 heterocycles. The first kappa shape index (κ1) is 14.9. The van der Waals surface area contributed by atoms with E-state index in [1.54, 1.807) is 0 Å². The zero-order valence-corrected chi connectivity index (χ0v) is 10.4. The van der Waals surface area contributed by atoms with Crippen LogP contribution in [0.15, 0.2) is 0 Å². The average molecular weight is 230 g/mol. The summed E-state index contributed by atoms with van der Waals surface area (Å²) in [5.74, 6) is -1.43. The highest BCUT2D eigenvalue weighted by Gasteiger charge is 2.30. The normalized spacial score (nSPS) is 15.3. The van der Waals surface area contributed by atoms with Gasteiger partial charge in [-0.1, -0.05) is 34.1 Å². The number of hydrogen-bond donors (Lipinski definition) is 3. The van der Waals surface area contributed by atoms with Gasteiger partial charge in [0.1, 0.15) is 6.04 Å². The Hall–Kier alpha value is -1.10. The maximum Gasteiger partial charge on any atom is 0.326 e. The highest BCUT2D eigenvalue weighted by atomic mass is 16.4. The second kappa shape index (κ2) is 5.84. The van der Waals surface area contributed by atoms with Crippen LogP contribution in [0.1, 0.15) is 40.5 Å². The van der Waals surface area contributed by atoms with E-state index in [2.05, 4.69) is 5.32 Å². The lowest BCUT2D eigenvalue weighted by Crippen LogP contribution is -2.53. The molecule has 1 amide bonds. The zero-order chi connectivity index (χ0) is 12.9. The number of carbonyl (C=O) groups is 2. The number of nitrogens with one attached hydrogen (secondary N) is 1. The van der Waals surface area contributed by atoms with Crippen molar-refractivity contribution in [3.05, 3.63) is 0 Å². The van der Waals surface area contributed by atoms with Crippen LogP contribution in [0.25, 0.3) is 0 Å². The summed E-state index contributed by atoms with van der Waals surface area (Å²) in [6, 6.07) is -1.54. The maximum atomic E-state index is 11.7. The van der Waals surface area contributed by atoms with E-state index in [-0.39, 0.29) is 5.41 Å². The molecule has 0 aliphatic rings. The van der Waals surface area contributed by atoms with Gasteiger partial charge < -0.3 is 16.2 Å². The SMILES string of the molecule is CCC[C@@H](NC(=O)C(N)C(C)(C)C)C(=O)O. The highest BCUT2D eigenvalue weighted by Crippen LogP contribution is 2.17. The molecule has 94 valence electrons. The predicted molar refractivity (Wildman–Crippen MR) is 61.9 cm³/mol. The van der Waals surface area contributed by atoms with Crippen molar-refractivity contribution in [2.24, 2.45) is 11.1 Å². The molecule has 0 radical (unpaired) electrons. The molecule has 0 aromatic rings. The Balaban J connectivity index is 4.46. The number of carbonyl (C=O) groups excluding carboxylic acids is 1. The number of rotatable bonds is 5. The molecule has 0 rings (SSSR count). The largest absolute Gasteiger partial charge is 0.480 e. The van der Waals surface area contributed by atoms with Crippen molar-refractivity contribution in [2.45, 2.75) is 52.6 Å². The van der Waals surface area contributed by atoms with Crippen molar-refractivity contribution in [2.75, 3.05) is 0 Å². The lowest BCUT2D eigenvalue weighted by molar-refractivity contribution is -0.142. The van der Waals surface area contributed by atoms with E-state index < -0.39 is 24.0 Å². The van der Waals surface area contributed by atoms with Crippen LogP contribution in [-0.2, 0) is 9.59 Å². The van der Waals surface area contributed by atoms with Crippen LogP contribution in [-0.4, -0.2) is 29.1 Å². The van der Waals surface area contributed by atoms with Gasteiger partial charge in [-0.15, -0.1) is 0 Å². The van der Waals surface area contributed by atoms with Crippen molar-refractivity contribution in [1.82, 2.24) is 5.32 Å². The van der Waals surface area contributed by atoms with E-state index in [1.807, 2.05) is 27.7 Å². The Bertz CT molecular complexity index is 258. The highest BCUT2D eigenvalue weighted by molar-refractivity contribution is 5.87. The van der Waals surface area contributed by atoms with Gasteiger partial charge in [-0.05, 0) is 11.8 Å². The second-order valence-electron chi connectivity index (χ2n) is 5.03. The minimum absolute atomic E-state index is 0.376. The average Bonchev–Trinajstić information content (AvgIpc) is 2.14. The van der Waals surface area contributed by atoms with Gasteiger partial charge in [0.05, 0.1) is 6.04 Å². The second-order valence-corrected chi connectivity index (χ2v) is 5.03. The lowest BCUT2D eigenvalue weighted by Gasteiger charge is -2.27. The van der Waals surface area contributed by atoms with Gasteiger partial charge in [-0.3, -0.25) is 4.79 Å². The maximum absolute atomic E-state index is 11.7. The molecule has 5 nitrogen and oxygen atoms in total. The summed E-state index contributed by atoms with van der Waals surface area (Å²) < 4.78 is 0. The molecular weight excluding hydrogens is 208 g/mol. The number of amides is 1. The minimum atomic E-state index is -1.02. The first-order valence-electron chi connectivity index (χ1n) is 5.49. The van der Waals surface area contributed by atoms with Gasteiger partial charge in [-0.25, -0.2) is 4.79 Å². The number of nitrogens with two attached hydrogens (primary N) is 1. The van der Waals surface area contributed by atoms with Crippen LogP contribution in [0.3, 0.4) is 0 Å². The van der Waals surface area contributed by atoms with Crippen LogP contribution in [0.5, 0.6) is 0 Å². The molecule has 2 atom stereocenters. The van der Waals surface area contributed by atoms with Crippen LogP contribution >= 0.6 is 0 Å². The molecular formula is C11H22N2O3. The van der Waals surface area contributed by atoms with E-state index in [0.717, 1.165) is 0 Å². The molecule has 4 N–H and O–H groups in total. The third kappa shape index (κ3) is 4.61. The van der Waals surface area contributed by atoms with Crippen LogP contribution in [0.4, 0.5) is 0 Å². The monoisotopic (exact) mass is 230 g/mol. The topological polar surface area (TPSA) is 92.4 Å². The quantitative estimate of drug-likeness (QED) is 0.649. The van der Waals surface area contributed by atoms with E-state index in [9.17, 15) is 9.59 Å². The third-order valence-corrected chi connectivity index (χ3v) is 2.41. The molecule has 1 unspecified atom stereocenters. The molecule has 0 fully saturated rings. The fourth-order valence-corrected chi connectivity index (χ4v) is 1.20. The van der Waals surface area contributed by atoms with E-state index >= 15 is 0 Å². The summed E-state index contributed by atoms with van der Waals surface area (Å²) >= 11 is 0. The van der Waals surface area contributed by atoms with Gasteiger partial charge in [0.15, 0.2) is 0 Å². The van der Waals surface area contributed by atoms with Crippen molar-refractivity contribution in [1.29, 1.82) is 0 Å². The minimum Gasteiger partial charge on any atom is -0.480 e. The number of carboxylic acid groups (broad SMARTS) is 1. The molecule has 0 aliphatic carbocycles. The summed E-state index contributed by atoms with van der Waals surface area (Å²) in [6.07, 6.45) is 1.11. The standard InChI is InChI=1S/C11H22N2O3/c1-5-6-7(10(15)16)13-9(14)8(12)11(2,3)4/h7-8H,5-6,12H2,1-4H3,(H,13,14)(H,15,16)/t7-,8?/m1/s1. The summed E-state index contributed by atoms with van der Waals surface area (Å²) in [5, 5.41) is 11.3. The lowest BCUT2D eigenvalue weighted by atomic mass is 9.87. The summed E-state index contributed by atoms with van der Waals surface area (Å²) in [7, 11) is 0. The predicted octanol–water partition coefficient (Wildman–Crippen LogP) is 0.729. The van der Waals surface area contributed by atoms with E-state index in [0.29, 0.717) is 12.8 Å². The number of hydrogen-bond acceptors (Lipinski definition) is 3. The van der Waals surface area contributed by atoms with Crippen molar-refractivity contribution >= 4 is 11.9 Å². The molecule has 0 spiro atoms. The third-order valence-electron chi connectivity index (χ3n) is 2.41. The first-order valence-corrected chi connectivity index (χ1v) is 5.49. The van der Waals surface area contributed by atoms with Gasteiger partial charge >= 0.3 is 5.97 Å². The van der Waals surface area contributed by atoms with E-state index in [1.165, 1.54) is 0 Å². The van der Waals surface area contributed by atoms with Gasteiger partial charge in [0, 0.05) is 0 Å². The van der Waals surface area contributed by atoms with Crippen molar-refractivity contribution in [3.63, 3.8) is 0 Å². The Morgan fingerprint density at radius 3 is 2.19 bits per heavy atom. The number of carboxylic acids is 1. The molecule has 0 saturated heterocycles. The fraction of sp³-hybridized carbons (Fsp3) is 0.818. The molecule has 0 saturated carbocycles. The van der Waals surface area contributed by atoms with Gasteiger partial charge in [0.2, 0.25) is 5.91 Å². The Morgan fingerprint density at radius 2 is 1.88 bits per heavy atom. The van der Waals surface area contributed by atoms with Gasteiger partial charge in [-0.2, -0.15) is 0 Å². The Morgan fingerprint density at radius 1 is 1.38 bits per heavy atom. The van der Waals surface area contributed by atoms with Crippen LogP contribution < -0.4 is 11.1 Å². The van der Waals surface area contributed by atoms with Crippen LogP contribution in [0.2, 0.25) is 0 Å². The number of aliphatic carboxylic acids is 1. The summed E-state index contributed by atoms with van der Waals surface area (Å²) in [5.41, 5.74) is 5.36. The summed E-state index contributed by atoms with van der Waals surface area (Å²) in [4.78, 5) is 22.5. The fourth-order valence-electron chi connectivity index (χ4n) is 1.20. The molecule has 0 aromatic heterocycles. The van der Waals surface area contributed by atoms with Crippen molar-refractivity contribution in [3.8, 4) is 0 Å². The molecule has 0 bridgehead atoms. The summed E-state index contributed by atoms with van der Waals surface area (Å²) in [6.45, 7) is 7.39. The molecule has 0 aliphatic heterocycles.